The number of carbonyl (C=O) groups is 2. The first kappa shape index (κ1) is 17.1. The van der Waals surface area contributed by atoms with Crippen LogP contribution in [-0.4, -0.2) is 27.7 Å². The van der Waals surface area contributed by atoms with Crippen molar-refractivity contribution >= 4 is 44.9 Å². The first-order valence-corrected chi connectivity index (χ1v) is 8.73. The van der Waals surface area contributed by atoms with Crippen LogP contribution in [0.15, 0.2) is 27.6 Å². The summed E-state index contributed by atoms with van der Waals surface area (Å²) in [6.07, 6.45) is 3.49. The van der Waals surface area contributed by atoms with Crippen molar-refractivity contribution in [2.24, 2.45) is 5.92 Å². The van der Waals surface area contributed by atoms with Gasteiger partial charge < -0.3 is 5.11 Å². The lowest BCUT2D eigenvalue weighted by Crippen LogP contribution is -2.29. The second kappa shape index (κ2) is 7.33. The molecule has 0 unspecified atom stereocenters. The normalized spacial score (nSPS) is 17.1. The number of benzene rings is 1. The number of halogens is 1. The second-order valence-corrected chi connectivity index (χ2v) is 7.42. The number of phenolic OH excluding ortho intramolecular Hbond substituents is 1. The predicted octanol–water partition coefficient (Wildman–Crippen LogP) is 4.63. The van der Waals surface area contributed by atoms with Gasteiger partial charge in [0.15, 0.2) is 0 Å². The fraction of sp³-hybridized carbons (Fsp3) is 0.375. The Balaban J connectivity index is 2.11. The second-order valence-electron chi connectivity index (χ2n) is 5.58. The average Bonchev–Trinajstić information content (AvgIpc) is 2.69. The van der Waals surface area contributed by atoms with Crippen LogP contribution in [0, 0.1) is 5.92 Å². The van der Waals surface area contributed by atoms with Gasteiger partial charge in [0.25, 0.3) is 11.1 Å². The minimum atomic E-state index is -0.237. The minimum Gasteiger partial charge on any atom is -0.508 e. The number of carbonyl (C=O) groups excluding carboxylic acids is 2. The summed E-state index contributed by atoms with van der Waals surface area (Å²) < 4.78 is 0.680. The molecule has 1 N–H and O–H groups in total. The molecule has 0 bridgehead atoms. The smallest absolute Gasteiger partial charge is 0.293 e. The third kappa shape index (κ3) is 4.14. The Kier molecular flexibility index (Phi) is 5.69. The fourth-order valence-corrected chi connectivity index (χ4v) is 3.46. The number of hydrogen-bond donors (Lipinski definition) is 1. The topological polar surface area (TPSA) is 57.6 Å². The highest BCUT2D eigenvalue weighted by atomic mass is 79.9. The maximum atomic E-state index is 12.3. The van der Waals surface area contributed by atoms with Gasteiger partial charge in [0.2, 0.25) is 0 Å². The molecule has 2 amide bonds. The summed E-state index contributed by atoms with van der Waals surface area (Å²) in [7, 11) is 0. The zero-order chi connectivity index (χ0) is 16.3. The van der Waals surface area contributed by atoms with Gasteiger partial charge >= 0.3 is 0 Å². The number of hydrogen-bond acceptors (Lipinski definition) is 4. The van der Waals surface area contributed by atoms with E-state index in [0.717, 1.165) is 30.2 Å². The Morgan fingerprint density at radius 2 is 2.09 bits per heavy atom. The lowest BCUT2D eigenvalue weighted by atomic mass is 10.1. The highest BCUT2D eigenvalue weighted by Gasteiger charge is 2.34. The molecule has 1 fully saturated rings. The van der Waals surface area contributed by atoms with E-state index in [9.17, 15) is 14.7 Å². The van der Waals surface area contributed by atoms with E-state index in [-0.39, 0.29) is 16.9 Å². The molecule has 0 aromatic heterocycles. The van der Waals surface area contributed by atoms with E-state index >= 15 is 0 Å². The lowest BCUT2D eigenvalue weighted by Gasteiger charge is -2.12. The fourth-order valence-electron chi connectivity index (χ4n) is 2.12. The molecule has 4 nitrogen and oxygen atoms in total. The van der Waals surface area contributed by atoms with Crippen LogP contribution < -0.4 is 0 Å². The van der Waals surface area contributed by atoms with Gasteiger partial charge in [0.05, 0.1) is 4.91 Å². The van der Waals surface area contributed by atoms with E-state index in [0.29, 0.717) is 21.8 Å². The highest BCUT2D eigenvalue weighted by Crippen LogP contribution is 2.34. The molecule has 1 aliphatic heterocycles. The van der Waals surface area contributed by atoms with Crippen LogP contribution in [0.3, 0.4) is 0 Å². The van der Waals surface area contributed by atoms with Gasteiger partial charge in [-0.1, -0.05) is 35.8 Å². The average molecular weight is 384 g/mol. The van der Waals surface area contributed by atoms with Gasteiger partial charge in [-0.2, -0.15) is 0 Å². The van der Waals surface area contributed by atoms with Crippen molar-refractivity contribution in [3.63, 3.8) is 0 Å². The van der Waals surface area contributed by atoms with Crippen molar-refractivity contribution in [3.05, 3.63) is 33.1 Å². The van der Waals surface area contributed by atoms with Crippen LogP contribution in [0.2, 0.25) is 0 Å². The zero-order valence-corrected chi connectivity index (χ0v) is 14.9. The summed E-state index contributed by atoms with van der Waals surface area (Å²) in [5, 5.41) is 9.18. The Hall–Kier alpha value is -1.27. The summed E-state index contributed by atoms with van der Waals surface area (Å²) in [6.45, 7) is 4.71. The van der Waals surface area contributed by atoms with Crippen molar-refractivity contribution in [3.8, 4) is 5.75 Å². The molecule has 1 aliphatic rings. The number of phenols is 1. The Labute approximate surface area is 142 Å². The third-order valence-electron chi connectivity index (χ3n) is 3.31. The molecule has 0 aliphatic carbocycles. The number of rotatable bonds is 5. The third-order valence-corrected chi connectivity index (χ3v) is 4.90. The molecular weight excluding hydrogens is 366 g/mol. The van der Waals surface area contributed by atoms with Crippen LogP contribution in [0.4, 0.5) is 4.79 Å². The molecular formula is C16H18BrNO3S. The Morgan fingerprint density at radius 1 is 1.36 bits per heavy atom. The predicted molar refractivity (Wildman–Crippen MR) is 92.6 cm³/mol. The molecule has 0 atom stereocenters. The van der Waals surface area contributed by atoms with E-state index in [2.05, 4.69) is 29.8 Å². The molecule has 6 heteroatoms. The van der Waals surface area contributed by atoms with E-state index in [1.165, 1.54) is 4.90 Å². The molecule has 22 heavy (non-hydrogen) atoms. The van der Waals surface area contributed by atoms with Crippen molar-refractivity contribution in [1.82, 2.24) is 4.90 Å². The molecule has 0 radical (unpaired) electrons. The number of aromatic hydroxyl groups is 1. The quantitative estimate of drug-likeness (QED) is 0.753. The molecule has 2 rings (SSSR count). The van der Waals surface area contributed by atoms with E-state index in [1.807, 2.05) is 0 Å². The molecule has 1 saturated heterocycles. The van der Waals surface area contributed by atoms with E-state index in [1.54, 1.807) is 24.3 Å². The Bertz CT molecular complexity index is 628. The van der Waals surface area contributed by atoms with Crippen LogP contribution >= 0.6 is 27.7 Å². The van der Waals surface area contributed by atoms with Gasteiger partial charge in [-0.15, -0.1) is 0 Å². The molecule has 1 aromatic carbocycles. The number of nitrogens with zero attached hydrogens (tertiary/aromatic N) is 1. The lowest BCUT2D eigenvalue weighted by molar-refractivity contribution is -0.122. The number of imide groups is 1. The maximum absolute atomic E-state index is 12.3. The first-order valence-electron chi connectivity index (χ1n) is 7.12. The summed E-state index contributed by atoms with van der Waals surface area (Å²) >= 11 is 4.30. The van der Waals surface area contributed by atoms with Crippen LogP contribution in [0.5, 0.6) is 5.75 Å². The van der Waals surface area contributed by atoms with Crippen LogP contribution in [-0.2, 0) is 4.79 Å². The maximum Gasteiger partial charge on any atom is 0.293 e. The summed E-state index contributed by atoms with van der Waals surface area (Å²) in [5.74, 6) is 0.466. The summed E-state index contributed by atoms with van der Waals surface area (Å²) in [5.41, 5.74) is 0.755. The molecule has 1 aromatic rings. The number of amides is 2. The standard InChI is InChI=1S/C16H18BrNO3S/c1-10(2)4-3-7-18-15(20)14(22-16(18)21)8-11-5-6-12(19)9-13(11)17/h5-6,8-10,19H,3-4,7H2,1-2H3/b14-8-. The van der Waals surface area contributed by atoms with Gasteiger partial charge in [-0.3, -0.25) is 14.5 Å². The zero-order valence-electron chi connectivity index (χ0n) is 12.5. The van der Waals surface area contributed by atoms with Gasteiger partial charge in [-0.25, -0.2) is 0 Å². The summed E-state index contributed by atoms with van der Waals surface area (Å²) in [4.78, 5) is 26.0. The number of thioether (sulfide) groups is 1. The first-order chi connectivity index (χ1) is 10.4. The molecule has 0 saturated carbocycles. The highest BCUT2D eigenvalue weighted by molar-refractivity contribution is 9.10. The van der Waals surface area contributed by atoms with Crippen molar-refractivity contribution in [2.75, 3.05) is 6.54 Å². The van der Waals surface area contributed by atoms with Crippen LogP contribution in [0.25, 0.3) is 6.08 Å². The largest absolute Gasteiger partial charge is 0.508 e. The minimum absolute atomic E-state index is 0.144. The van der Waals surface area contributed by atoms with E-state index in [4.69, 9.17) is 0 Å². The van der Waals surface area contributed by atoms with Gasteiger partial charge in [0, 0.05) is 11.0 Å². The molecule has 0 spiro atoms. The molecule has 118 valence electrons. The monoisotopic (exact) mass is 383 g/mol. The van der Waals surface area contributed by atoms with E-state index < -0.39 is 0 Å². The van der Waals surface area contributed by atoms with Crippen molar-refractivity contribution < 1.29 is 14.7 Å². The SMILES string of the molecule is CC(C)CCCN1C(=O)S/C(=C\c2ccc(O)cc2Br)C1=O. The van der Waals surface area contributed by atoms with Crippen molar-refractivity contribution in [2.45, 2.75) is 26.7 Å². The van der Waals surface area contributed by atoms with Crippen molar-refractivity contribution in [1.29, 1.82) is 0 Å². The van der Waals surface area contributed by atoms with Crippen LogP contribution in [0.1, 0.15) is 32.3 Å². The Morgan fingerprint density at radius 3 is 2.73 bits per heavy atom. The summed E-state index contributed by atoms with van der Waals surface area (Å²) in [6, 6.07) is 4.80. The molecule has 1 heterocycles. The van der Waals surface area contributed by atoms with Gasteiger partial charge in [-0.05, 0) is 54.3 Å². The van der Waals surface area contributed by atoms with Gasteiger partial charge in [0.1, 0.15) is 5.75 Å².